The summed E-state index contributed by atoms with van der Waals surface area (Å²) in [5.41, 5.74) is 33.8. The van der Waals surface area contributed by atoms with Crippen molar-refractivity contribution >= 4 is 98.3 Å². The molecule has 0 atom stereocenters. The lowest BCUT2D eigenvalue weighted by Gasteiger charge is -2.09. The Morgan fingerprint density at radius 1 is 0.278 bits per heavy atom. The van der Waals surface area contributed by atoms with E-state index in [1.54, 1.807) is 0 Å². The number of benzene rings is 6. The molecule has 0 saturated carbocycles. The zero-order valence-corrected chi connectivity index (χ0v) is 73.8. The second-order valence-corrected chi connectivity index (χ2v) is 33.2. The number of fused-ring (bicyclic) bond motifs is 12. The molecule has 0 spiro atoms. The molecule has 24 rings (SSSR count). The number of hydrogen-bond donors (Lipinski definition) is 0. The van der Waals surface area contributed by atoms with Crippen molar-refractivity contribution in [3.05, 3.63) is 423 Å². The van der Waals surface area contributed by atoms with Crippen molar-refractivity contribution in [2.24, 2.45) is 49.3 Å². The largest absolute Gasteiger partial charge is 0.324 e. The van der Waals surface area contributed by atoms with Gasteiger partial charge in [0, 0.05) is 146 Å². The van der Waals surface area contributed by atoms with Gasteiger partial charge in [0.2, 0.25) is 39.5 Å². The van der Waals surface area contributed by atoms with Crippen LogP contribution in [0.25, 0.3) is 166 Å². The quantitative estimate of drug-likeness (QED) is 0.149. The van der Waals surface area contributed by atoms with Gasteiger partial charge < -0.3 is 26.4 Å². The second-order valence-electron chi connectivity index (χ2n) is 33.2. The fourth-order valence-corrected chi connectivity index (χ4v) is 18.8. The van der Waals surface area contributed by atoms with Crippen LogP contribution < -0.4 is 27.4 Å². The summed E-state index contributed by atoms with van der Waals surface area (Å²) in [4.78, 5) is 0. The maximum absolute atomic E-state index is 2.32. The Hall–Kier alpha value is -15.6. The molecule has 13 heteroatoms. The van der Waals surface area contributed by atoms with Crippen LogP contribution in [0.3, 0.4) is 0 Å². The topological polar surface area (TPSA) is 54.7 Å². The number of aromatic nitrogens is 13. The SMILES string of the molecule is Cc1c(-c2ccc3ccccc3[n+]2C)ccc2cccn12.Cc1cc2cccn2cc1-c1ccc2ccccc2[n+]1C.Cc1ccc2cccc(-c3c4ccccc4cc[n+]3C)n12.Cc1ccc2cccn2c1-c1cc2ccccc2c[n+]1C.Cc1cccc2ccc(-c3n(C)c4ccccc4[n+]3C)n12.Cc1cn2cccc2cc1-c1c2ccccc2cc[n+]1C. The average Bonchev–Trinajstić information content (AvgIpc) is 1.56. The zero-order chi connectivity index (χ0) is 86.5. The van der Waals surface area contributed by atoms with E-state index in [9.17, 15) is 0 Å². The van der Waals surface area contributed by atoms with Crippen molar-refractivity contribution in [3.8, 4) is 68.1 Å². The predicted molar refractivity (Wildman–Crippen MR) is 516 cm³/mol. The van der Waals surface area contributed by atoms with E-state index >= 15 is 0 Å². The zero-order valence-electron chi connectivity index (χ0n) is 73.8. The third kappa shape index (κ3) is 14.8. The van der Waals surface area contributed by atoms with Gasteiger partial charge in [-0.3, -0.25) is 0 Å². The molecule has 0 N–H and O–H groups in total. The molecule has 6 aromatic carbocycles. The highest BCUT2D eigenvalue weighted by atomic mass is 15.2. The van der Waals surface area contributed by atoms with Crippen LogP contribution in [0, 0.1) is 41.5 Å². The predicted octanol–water partition coefficient (Wildman–Crippen LogP) is 22.7. The first-order valence-corrected chi connectivity index (χ1v) is 43.2. The number of rotatable bonds is 6. The maximum Gasteiger partial charge on any atom is 0.306 e. The summed E-state index contributed by atoms with van der Waals surface area (Å²) >= 11 is 0. The van der Waals surface area contributed by atoms with Crippen molar-refractivity contribution in [3.63, 3.8) is 0 Å². The molecule has 0 unspecified atom stereocenters. The Morgan fingerprint density at radius 3 is 1.45 bits per heavy atom. The van der Waals surface area contributed by atoms with Crippen molar-refractivity contribution in [2.45, 2.75) is 41.5 Å². The molecular formula is C113H103N13+6. The van der Waals surface area contributed by atoms with E-state index < -0.39 is 0 Å². The Bertz CT molecular complexity index is 8170. The average molecular weight is 1640 g/mol. The van der Waals surface area contributed by atoms with E-state index in [0.29, 0.717) is 0 Å². The third-order valence-corrected chi connectivity index (χ3v) is 25.3. The van der Waals surface area contributed by atoms with Crippen LogP contribution in [-0.4, -0.2) is 31.0 Å². The summed E-state index contributed by atoms with van der Waals surface area (Å²) in [6.45, 7) is 13.0. The lowest BCUT2D eigenvalue weighted by atomic mass is 10.0. The number of hydrogen-bond acceptors (Lipinski definition) is 0. The first kappa shape index (κ1) is 80.1. The maximum atomic E-state index is 2.32. The van der Waals surface area contributed by atoms with Crippen LogP contribution in [0.1, 0.15) is 33.8 Å². The van der Waals surface area contributed by atoms with Gasteiger partial charge in [-0.05, 0) is 256 Å². The second kappa shape index (κ2) is 33.7. The summed E-state index contributed by atoms with van der Waals surface area (Å²) in [7, 11) is 14.9. The number of pyridine rings is 11. The van der Waals surface area contributed by atoms with Gasteiger partial charge in [0.1, 0.15) is 52.3 Å². The first-order chi connectivity index (χ1) is 61.4. The van der Waals surface area contributed by atoms with Gasteiger partial charge in [0.25, 0.3) is 0 Å². The molecule has 0 aliphatic carbocycles. The van der Waals surface area contributed by atoms with Gasteiger partial charge in [-0.2, -0.15) is 18.3 Å². The highest BCUT2D eigenvalue weighted by Crippen LogP contribution is 2.34. The minimum atomic E-state index is 1.21. The summed E-state index contributed by atoms with van der Waals surface area (Å²) < 4.78 is 29.2. The molecule has 0 aliphatic rings. The molecule has 614 valence electrons. The summed E-state index contributed by atoms with van der Waals surface area (Å²) in [5, 5.41) is 10.2. The van der Waals surface area contributed by atoms with E-state index in [0.717, 1.165) is 0 Å². The molecule has 126 heavy (non-hydrogen) atoms. The van der Waals surface area contributed by atoms with E-state index in [2.05, 4.69) is 539 Å². The Balaban J connectivity index is 0.0000000987. The fourth-order valence-electron chi connectivity index (χ4n) is 18.8. The monoisotopic (exact) mass is 1640 g/mol. The summed E-state index contributed by atoms with van der Waals surface area (Å²) in [5.74, 6) is 1.21. The van der Waals surface area contributed by atoms with Crippen LogP contribution in [0.2, 0.25) is 0 Å². The van der Waals surface area contributed by atoms with E-state index in [1.807, 2.05) is 0 Å². The third-order valence-electron chi connectivity index (χ3n) is 25.3. The normalized spacial score (nSPS) is 11.4. The minimum Gasteiger partial charge on any atom is -0.324 e. The fraction of sp³-hybridized carbons (Fsp3) is 0.115. The van der Waals surface area contributed by atoms with Crippen LogP contribution in [0.15, 0.2) is 389 Å². The number of imidazole rings is 1. The molecule has 0 amide bonds. The molecule has 24 aromatic rings. The molecule has 0 radical (unpaired) electrons. The molecule has 13 nitrogen and oxygen atoms in total. The van der Waals surface area contributed by atoms with Gasteiger partial charge in [0.15, 0.2) is 29.6 Å². The van der Waals surface area contributed by atoms with Gasteiger partial charge in [-0.15, -0.1) is 0 Å². The first-order valence-electron chi connectivity index (χ1n) is 43.2. The lowest BCUT2D eigenvalue weighted by Crippen LogP contribution is -2.32. The van der Waals surface area contributed by atoms with Crippen molar-refractivity contribution < 1.29 is 27.4 Å². The van der Waals surface area contributed by atoms with E-state index in [4.69, 9.17) is 0 Å². The molecule has 0 aliphatic heterocycles. The van der Waals surface area contributed by atoms with Crippen LogP contribution in [0.4, 0.5) is 0 Å². The Kier molecular flexibility index (Phi) is 21.4. The highest BCUT2D eigenvalue weighted by molar-refractivity contribution is 5.95. The van der Waals surface area contributed by atoms with Crippen LogP contribution in [-0.2, 0) is 49.3 Å². The molecule has 0 fully saturated rings. The number of aryl methyl sites for hydroxylation is 13. The van der Waals surface area contributed by atoms with Crippen molar-refractivity contribution in [1.29, 1.82) is 0 Å². The van der Waals surface area contributed by atoms with Crippen LogP contribution in [0.5, 0.6) is 0 Å². The molecule has 18 aromatic heterocycles. The summed E-state index contributed by atoms with van der Waals surface area (Å²) in [6.07, 6.45) is 19.3. The lowest BCUT2D eigenvalue weighted by molar-refractivity contribution is -0.659. The van der Waals surface area contributed by atoms with Crippen LogP contribution >= 0.6 is 0 Å². The standard InChI is InChI=1S/5C19H17N2.C18H18N3/c1-14-17(11-10-16-7-5-13-21(14)16)19-12-9-15-6-3-4-8-18(15)20(19)2;1-14-12-16-7-5-11-21(16)13-17(14)19-10-9-15-6-3-4-8-18(15)20(19)2;1-14-13-21-10-5-7-16(21)12-18(14)19-17-8-4-3-6-15(17)9-11-20(19)2;1-14-10-11-16-7-5-9-18(21(14)16)19-17-8-4-3-6-15(17)12-13-20(19)2;1-14-9-10-17-8-5-11-21(17)19(14)18-12-15-6-3-4-7-16(15)13-20(18)2;1-13-7-6-8-14-11-12-17(21(13)14)18-19(2)15-9-4-5-10-16(15)20(18)3/h5*3-13H,1-2H3;4-12H,1-3H3/q6*+1. The van der Waals surface area contributed by atoms with Gasteiger partial charge in [0.05, 0.1) is 41.6 Å². The number of nitrogens with zero attached hydrogens (tertiary/aromatic N) is 13. The van der Waals surface area contributed by atoms with E-state index in [1.165, 1.54) is 200 Å². The molecule has 0 saturated heterocycles. The van der Waals surface area contributed by atoms with Crippen molar-refractivity contribution in [1.82, 2.24) is 31.0 Å². The van der Waals surface area contributed by atoms with Gasteiger partial charge in [-0.25, -0.2) is 13.7 Å². The smallest absolute Gasteiger partial charge is 0.306 e. The Morgan fingerprint density at radius 2 is 0.778 bits per heavy atom. The highest BCUT2D eigenvalue weighted by Gasteiger charge is 2.27. The minimum absolute atomic E-state index is 1.21. The molecule has 0 bridgehead atoms. The van der Waals surface area contributed by atoms with E-state index in [-0.39, 0.29) is 0 Å². The Labute approximate surface area is 734 Å². The van der Waals surface area contributed by atoms with Crippen molar-refractivity contribution in [2.75, 3.05) is 0 Å². The van der Waals surface area contributed by atoms with Gasteiger partial charge >= 0.3 is 5.82 Å². The molecule has 18 heterocycles. The van der Waals surface area contributed by atoms with Gasteiger partial charge in [-0.1, -0.05) is 109 Å². The molecular weight excluding hydrogens is 1540 g/mol. The summed E-state index contributed by atoms with van der Waals surface area (Å²) in [6, 6.07) is 118. The number of para-hydroxylation sites is 4.